The second-order valence-corrected chi connectivity index (χ2v) is 4.11. The molecule has 1 heterocycles. The Hall–Kier alpha value is -1.64. The molecule has 0 unspecified atom stereocenters. The summed E-state index contributed by atoms with van der Waals surface area (Å²) in [4.78, 5) is 23.2. The van der Waals surface area contributed by atoms with E-state index in [1.165, 1.54) is 0 Å². The molecule has 0 aliphatic carbocycles. The Labute approximate surface area is 88.5 Å². The largest absolute Gasteiger partial charge is 0.295 e. The van der Waals surface area contributed by atoms with Crippen LogP contribution in [0.1, 0.15) is 19.4 Å². The summed E-state index contributed by atoms with van der Waals surface area (Å²) in [5, 5.41) is 2.38. The first kappa shape index (κ1) is 9.90. The molecule has 15 heavy (non-hydrogen) atoms. The van der Waals surface area contributed by atoms with Crippen LogP contribution >= 0.6 is 0 Å². The molecule has 3 nitrogen and oxygen atoms in total. The molecular formula is C12H13NO2. The summed E-state index contributed by atoms with van der Waals surface area (Å²) in [5.41, 5.74) is 0.166. The van der Waals surface area contributed by atoms with Crippen LogP contribution in [0.15, 0.2) is 30.3 Å². The molecule has 2 rings (SSSR count). The predicted octanol–water partition coefficient (Wildman–Crippen LogP) is 1.24. The quantitative estimate of drug-likeness (QED) is 0.698. The van der Waals surface area contributed by atoms with Gasteiger partial charge < -0.3 is 0 Å². The maximum absolute atomic E-state index is 11.8. The fourth-order valence-corrected chi connectivity index (χ4v) is 1.97. The van der Waals surface area contributed by atoms with Gasteiger partial charge in [-0.05, 0) is 12.5 Å². The standard InChI is InChI=1S/C12H13NO2/c1-8-10(14)13-11(15)12(8,2)9-6-4-3-5-7-9/h3-8H,1-2H3,(H,13,14,15)/t8-,12-/m1/s1. The van der Waals surface area contributed by atoms with Crippen molar-refractivity contribution in [1.82, 2.24) is 5.32 Å². The molecule has 2 atom stereocenters. The van der Waals surface area contributed by atoms with Gasteiger partial charge in [0.05, 0.1) is 11.3 Å². The number of imide groups is 1. The number of nitrogens with one attached hydrogen (secondary N) is 1. The molecule has 1 aliphatic heterocycles. The maximum Gasteiger partial charge on any atom is 0.237 e. The van der Waals surface area contributed by atoms with Gasteiger partial charge >= 0.3 is 0 Å². The van der Waals surface area contributed by atoms with Crippen molar-refractivity contribution < 1.29 is 9.59 Å². The second-order valence-electron chi connectivity index (χ2n) is 4.11. The number of amides is 2. The van der Waals surface area contributed by atoms with Crippen molar-refractivity contribution in [2.24, 2.45) is 5.92 Å². The minimum absolute atomic E-state index is 0.189. The van der Waals surface area contributed by atoms with E-state index in [4.69, 9.17) is 0 Å². The molecule has 0 radical (unpaired) electrons. The summed E-state index contributed by atoms with van der Waals surface area (Å²) in [6, 6.07) is 9.42. The Kier molecular flexibility index (Phi) is 2.11. The van der Waals surface area contributed by atoms with Crippen LogP contribution in [-0.2, 0) is 15.0 Å². The normalized spacial score (nSPS) is 30.4. The van der Waals surface area contributed by atoms with Crippen LogP contribution in [0.4, 0.5) is 0 Å². The molecule has 2 amide bonds. The van der Waals surface area contributed by atoms with Gasteiger partial charge in [-0.2, -0.15) is 0 Å². The monoisotopic (exact) mass is 203 g/mol. The van der Waals surface area contributed by atoms with Gasteiger partial charge in [-0.15, -0.1) is 0 Å². The van der Waals surface area contributed by atoms with Crippen LogP contribution in [0.2, 0.25) is 0 Å². The highest BCUT2D eigenvalue weighted by atomic mass is 16.2. The van der Waals surface area contributed by atoms with E-state index in [0.29, 0.717) is 0 Å². The van der Waals surface area contributed by atoms with Gasteiger partial charge in [-0.1, -0.05) is 37.3 Å². The number of hydrogen-bond donors (Lipinski definition) is 1. The van der Waals surface area contributed by atoms with E-state index in [9.17, 15) is 9.59 Å². The lowest BCUT2D eigenvalue weighted by atomic mass is 9.74. The first-order valence-corrected chi connectivity index (χ1v) is 4.97. The van der Waals surface area contributed by atoms with Crippen LogP contribution in [0, 0.1) is 5.92 Å². The highest BCUT2D eigenvalue weighted by Gasteiger charge is 2.50. The van der Waals surface area contributed by atoms with Crippen LogP contribution < -0.4 is 5.32 Å². The average Bonchev–Trinajstić information content (AvgIpc) is 2.45. The first-order chi connectivity index (χ1) is 7.06. The molecule has 1 saturated heterocycles. The van der Waals surface area contributed by atoms with E-state index in [1.54, 1.807) is 6.92 Å². The Morgan fingerprint density at radius 3 is 2.27 bits per heavy atom. The van der Waals surface area contributed by atoms with Gasteiger partial charge in [0.25, 0.3) is 0 Å². The summed E-state index contributed by atoms with van der Waals surface area (Å²) in [5.74, 6) is -0.704. The number of hydrogen-bond acceptors (Lipinski definition) is 2. The molecule has 3 heteroatoms. The van der Waals surface area contributed by atoms with Crippen LogP contribution in [0.3, 0.4) is 0 Å². The molecule has 0 spiro atoms. The summed E-state index contributed by atoms with van der Waals surface area (Å²) in [6.45, 7) is 3.60. The van der Waals surface area contributed by atoms with Gasteiger partial charge in [0, 0.05) is 0 Å². The SMILES string of the molecule is C[C@@H]1C(=O)NC(=O)[C@@]1(C)c1ccccc1. The van der Waals surface area contributed by atoms with E-state index in [-0.39, 0.29) is 17.7 Å². The van der Waals surface area contributed by atoms with Gasteiger partial charge in [-0.25, -0.2) is 0 Å². The predicted molar refractivity (Wildman–Crippen MR) is 56.1 cm³/mol. The molecule has 1 fully saturated rings. The topological polar surface area (TPSA) is 46.2 Å². The van der Waals surface area contributed by atoms with Gasteiger partial charge in [0.2, 0.25) is 11.8 Å². The molecule has 1 N–H and O–H groups in total. The third-order valence-corrected chi connectivity index (χ3v) is 3.34. The van der Waals surface area contributed by atoms with E-state index in [0.717, 1.165) is 5.56 Å². The van der Waals surface area contributed by atoms with Crippen LogP contribution in [0.25, 0.3) is 0 Å². The highest BCUT2D eigenvalue weighted by molar-refractivity contribution is 6.10. The van der Waals surface area contributed by atoms with Gasteiger partial charge in [0.1, 0.15) is 0 Å². The van der Waals surface area contributed by atoms with Crippen LogP contribution in [0.5, 0.6) is 0 Å². The van der Waals surface area contributed by atoms with E-state index >= 15 is 0 Å². The molecule has 1 aliphatic rings. The lowest BCUT2D eigenvalue weighted by Crippen LogP contribution is -2.35. The number of rotatable bonds is 1. The summed E-state index contributed by atoms with van der Waals surface area (Å²) in [7, 11) is 0. The number of carbonyl (C=O) groups excluding carboxylic acids is 2. The zero-order valence-corrected chi connectivity index (χ0v) is 8.78. The summed E-state index contributed by atoms with van der Waals surface area (Å²) >= 11 is 0. The zero-order chi connectivity index (χ0) is 11.1. The lowest BCUT2D eigenvalue weighted by molar-refractivity contribution is -0.126. The van der Waals surface area contributed by atoms with Crippen molar-refractivity contribution in [3.63, 3.8) is 0 Å². The summed E-state index contributed by atoms with van der Waals surface area (Å²) in [6.07, 6.45) is 0. The molecule has 1 aromatic carbocycles. The molecule has 1 aromatic rings. The van der Waals surface area contributed by atoms with Crippen molar-refractivity contribution in [3.8, 4) is 0 Å². The maximum atomic E-state index is 11.8. The Bertz CT molecular complexity index is 413. The lowest BCUT2D eigenvalue weighted by Gasteiger charge is -2.24. The van der Waals surface area contributed by atoms with Crippen molar-refractivity contribution in [3.05, 3.63) is 35.9 Å². The average molecular weight is 203 g/mol. The van der Waals surface area contributed by atoms with Crippen molar-refractivity contribution >= 4 is 11.8 Å². The van der Waals surface area contributed by atoms with Crippen molar-refractivity contribution in [2.45, 2.75) is 19.3 Å². The summed E-state index contributed by atoms with van der Waals surface area (Å²) < 4.78 is 0. The third-order valence-electron chi connectivity index (χ3n) is 3.34. The second kappa shape index (κ2) is 3.19. The van der Waals surface area contributed by atoms with E-state index in [2.05, 4.69) is 5.32 Å². The Morgan fingerprint density at radius 2 is 1.80 bits per heavy atom. The first-order valence-electron chi connectivity index (χ1n) is 4.97. The third kappa shape index (κ3) is 1.27. The number of carbonyl (C=O) groups is 2. The fraction of sp³-hybridized carbons (Fsp3) is 0.333. The molecule has 0 aromatic heterocycles. The fourth-order valence-electron chi connectivity index (χ4n) is 1.97. The van der Waals surface area contributed by atoms with Crippen LogP contribution in [-0.4, -0.2) is 11.8 Å². The smallest absolute Gasteiger partial charge is 0.237 e. The zero-order valence-electron chi connectivity index (χ0n) is 8.78. The van der Waals surface area contributed by atoms with Gasteiger partial charge in [-0.3, -0.25) is 14.9 Å². The molecule has 0 saturated carbocycles. The molecule has 0 bridgehead atoms. The van der Waals surface area contributed by atoms with Crippen molar-refractivity contribution in [2.75, 3.05) is 0 Å². The van der Waals surface area contributed by atoms with E-state index in [1.807, 2.05) is 37.3 Å². The minimum Gasteiger partial charge on any atom is -0.295 e. The molecular weight excluding hydrogens is 190 g/mol. The number of benzene rings is 1. The Balaban J connectivity index is 2.51. The van der Waals surface area contributed by atoms with E-state index < -0.39 is 5.41 Å². The molecule has 78 valence electrons. The Morgan fingerprint density at radius 1 is 1.20 bits per heavy atom. The van der Waals surface area contributed by atoms with Gasteiger partial charge in [0.15, 0.2) is 0 Å². The minimum atomic E-state index is -0.724. The highest BCUT2D eigenvalue weighted by Crippen LogP contribution is 2.36. The van der Waals surface area contributed by atoms with Crippen molar-refractivity contribution in [1.29, 1.82) is 0 Å².